The lowest BCUT2D eigenvalue weighted by Gasteiger charge is -2.35. The van der Waals surface area contributed by atoms with Crippen molar-refractivity contribution in [3.63, 3.8) is 0 Å². The third kappa shape index (κ3) is 6.14. The molecule has 1 fully saturated rings. The van der Waals surface area contributed by atoms with Gasteiger partial charge in [-0.1, -0.05) is 65.3 Å². The number of likely N-dealkylation sites (tertiary alicyclic amines) is 1. The van der Waals surface area contributed by atoms with Gasteiger partial charge in [0.15, 0.2) is 5.65 Å². The van der Waals surface area contributed by atoms with Crippen molar-refractivity contribution in [2.75, 3.05) is 19.6 Å². The molecule has 0 aliphatic carbocycles. The Hall–Kier alpha value is -2.92. The van der Waals surface area contributed by atoms with Crippen LogP contribution in [0.1, 0.15) is 106 Å². The van der Waals surface area contributed by atoms with Crippen LogP contribution in [0.5, 0.6) is 0 Å². The van der Waals surface area contributed by atoms with Crippen LogP contribution in [0.25, 0.3) is 16.8 Å². The molecule has 210 valence electrons. The molecule has 0 amide bonds. The number of nitrogens with two attached hydrogens (primary N) is 1. The molecular formula is C34H49N5. The van der Waals surface area contributed by atoms with Crippen LogP contribution in [0.15, 0.2) is 43.0 Å². The number of pyridine rings is 1. The number of aryl methyl sites for hydroxylation is 2. The Bertz CT molecular complexity index is 1320. The highest BCUT2D eigenvalue weighted by molar-refractivity contribution is 5.93. The van der Waals surface area contributed by atoms with Crippen LogP contribution in [-0.2, 0) is 6.42 Å². The van der Waals surface area contributed by atoms with Crippen molar-refractivity contribution in [2.24, 2.45) is 11.7 Å². The van der Waals surface area contributed by atoms with Crippen LogP contribution in [0.2, 0.25) is 0 Å². The summed E-state index contributed by atoms with van der Waals surface area (Å²) in [5.74, 6) is 0.988. The van der Waals surface area contributed by atoms with Gasteiger partial charge >= 0.3 is 0 Å². The first kappa shape index (κ1) is 29.1. The summed E-state index contributed by atoms with van der Waals surface area (Å²) < 4.78 is 1.98. The largest absolute Gasteiger partial charge is 0.375 e. The van der Waals surface area contributed by atoms with Gasteiger partial charge in [-0.05, 0) is 109 Å². The summed E-state index contributed by atoms with van der Waals surface area (Å²) in [6.07, 6.45) is 11.5. The molecule has 4 rings (SSSR count). The zero-order chi connectivity index (χ0) is 28.1. The Morgan fingerprint density at radius 1 is 1.08 bits per heavy atom. The van der Waals surface area contributed by atoms with Gasteiger partial charge in [0, 0.05) is 25.0 Å². The number of hydrogen-bond donors (Lipinski definition) is 1. The van der Waals surface area contributed by atoms with Gasteiger partial charge in [0.1, 0.15) is 6.33 Å². The summed E-state index contributed by atoms with van der Waals surface area (Å²) in [4.78, 5) is 7.01. The average molecular weight is 528 g/mol. The second-order valence-electron chi connectivity index (χ2n) is 11.7. The third-order valence-electron chi connectivity index (χ3n) is 8.56. The van der Waals surface area contributed by atoms with E-state index in [0.717, 1.165) is 63.7 Å². The monoisotopic (exact) mass is 527 g/mol. The third-order valence-corrected chi connectivity index (χ3v) is 8.56. The molecule has 0 unspecified atom stereocenters. The van der Waals surface area contributed by atoms with E-state index in [9.17, 15) is 0 Å². The minimum atomic E-state index is 0.406. The number of nitrogens with zero attached hydrogens (tertiary/aromatic N) is 4. The summed E-state index contributed by atoms with van der Waals surface area (Å²) in [5.41, 5.74) is 19.2. The molecule has 1 aliphatic rings. The van der Waals surface area contributed by atoms with E-state index < -0.39 is 0 Å². The molecule has 2 aromatic heterocycles. The lowest BCUT2D eigenvalue weighted by Crippen LogP contribution is -2.32. The first-order valence-corrected chi connectivity index (χ1v) is 15.1. The highest BCUT2D eigenvalue weighted by atomic mass is 15.3. The second kappa shape index (κ2) is 13.0. The number of hydrogen-bond acceptors (Lipinski definition) is 4. The Kier molecular flexibility index (Phi) is 9.66. The molecule has 3 heterocycles. The van der Waals surface area contributed by atoms with Crippen LogP contribution in [0, 0.1) is 19.8 Å². The number of aromatic nitrogens is 3. The smallest absolute Gasteiger partial charge is 0.158 e. The summed E-state index contributed by atoms with van der Waals surface area (Å²) in [6.45, 7) is 20.9. The lowest BCUT2D eigenvalue weighted by atomic mass is 9.80. The first-order valence-electron chi connectivity index (χ1n) is 15.1. The molecule has 3 aromatic rings. The maximum Gasteiger partial charge on any atom is 0.158 e. The van der Waals surface area contributed by atoms with Crippen molar-refractivity contribution in [1.29, 1.82) is 0 Å². The number of piperidine rings is 1. The Morgan fingerprint density at radius 2 is 1.82 bits per heavy atom. The normalized spacial score (nSPS) is 15.3. The molecule has 5 nitrogen and oxygen atoms in total. The molecule has 5 heteroatoms. The Morgan fingerprint density at radius 3 is 2.46 bits per heavy atom. The molecule has 1 aromatic carbocycles. The van der Waals surface area contributed by atoms with Gasteiger partial charge in [0.2, 0.25) is 0 Å². The van der Waals surface area contributed by atoms with E-state index in [1.54, 1.807) is 6.33 Å². The minimum Gasteiger partial charge on any atom is -0.375 e. The average Bonchev–Trinajstić information content (AvgIpc) is 3.40. The van der Waals surface area contributed by atoms with Gasteiger partial charge in [0.05, 0.1) is 0 Å². The molecule has 1 saturated heterocycles. The lowest BCUT2D eigenvalue weighted by molar-refractivity contribution is 0.257. The maximum absolute atomic E-state index is 5.78. The topological polar surface area (TPSA) is 59.5 Å². The van der Waals surface area contributed by atoms with E-state index in [1.807, 2.05) is 4.52 Å². The summed E-state index contributed by atoms with van der Waals surface area (Å²) in [5, 5.41) is 4.55. The standard InChI is InChI=1S/C34H49N5/c1-8-10-29-26(7)34-36-22-37-39(34)21-32(29)30(11-9-2)33(23(3)4)31-20-28(13-12-24(31)5)27-15-18-38(19-16-27)25(6)14-17-35/h12-13,20-23,27H,6,8-11,14-19,35H2,1-5,7H3/b33-30+. The van der Waals surface area contributed by atoms with Gasteiger partial charge in [-0.15, -0.1) is 0 Å². The predicted octanol–water partition coefficient (Wildman–Crippen LogP) is 7.71. The second-order valence-corrected chi connectivity index (χ2v) is 11.7. The van der Waals surface area contributed by atoms with E-state index in [2.05, 4.69) is 87.5 Å². The van der Waals surface area contributed by atoms with Crippen LogP contribution < -0.4 is 5.73 Å². The fourth-order valence-electron chi connectivity index (χ4n) is 6.51. The van der Waals surface area contributed by atoms with Crippen molar-refractivity contribution in [3.05, 3.63) is 76.4 Å². The van der Waals surface area contributed by atoms with E-state index in [1.165, 1.54) is 50.2 Å². The number of rotatable bonds is 11. The molecule has 39 heavy (non-hydrogen) atoms. The number of allylic oxidation sites excluding steroid dienone is 2. The molecule has 0 spiro atoms. The zero-order valence-corrected chi connectivity index (χ0v) is 25.2. The Balaban J connectivity index is 1.81. The summed E-state index contributed by atoms with van der Waals surface area (Å²) >= 11 is 0. The summed E-state index contributed by atoms with van der Waals surface area (Å²) in [7, 11) is 0. The Labute approximate surface area is 236 Å². The van der Waals surface area contributed by atoms with Gasteiger partial charge in [-0.25, -0.2) is 9.50 Å². The van der Waals surface area contributed by atoms with Gasteiger partial charge < -0.3 is 10.6 Å². The first-order chi connectivity index (χ1) is 18.8. The van der Waals surface area contributed by atoms with Crippen molar-refractivity contribution in [3.8, 4) is 0 Å². The molecule has 0 saturated carbocycles. The molecule has 0 radical (unpaired) electrons. The fraction of sp³-hybridized carbons (Fsp3) is 0.529. The van der Waals surface area contributed by atoms with Crippen LogP contribution in [0.4, 0.5) is 0 Å². The molecule has 0 atom stereocenters. The quantitative estimate of drug-likeness (QED) is 0.277. The minimum absolute atomic E-state index is 0.406. The molecular weight excluding hydrogens is 478 g/mol. The molecule has 1 aliphatic heterocycles. The van der Waals surface area contributed by atoms with Gasteiger partial charge in [-0.3, -0.25) is 0 Å². The highest BCUT2D eigenvalue weighted by Gasteiger charge is 2.25. The van der Waals surface area contributed by atoms with Crippen molar-refractivity contribution in [2.45, 2.75) is 92.4 Å². The van der Waals surface area contributed by atoms with Gasteiger partial charge in [0.25, 0.3) is 0 Å². The number of benzene rings is 1. The summed E-state index contributed by atoms with van der Waals surface area (Å²) in [6, 6.07) is 7.25. The molecule has 2 N–H and O–H groups in total. The predicted molar refractivity (Wildman–Crippen MR) is 166 cm³/mol. The van der Waals surface area contributed by atoms with Crippen molar-refractivity contribution >= 4 is 16.8 Å². The van der Waals surface area contributed by atoms with Crippen molar-refractivity contribution < 1.29 is 0 Å². The highest BCUT2D eigenvalue weighted by Crippen LogP contribution is 2.41. The zero-order valence-electron chi connectivity index (χ0n) is 25.2. The van der Waals surface area contributed by atoms with Crippen LogP contribution >= 0.6 is 0 Å². The van der Waals surface area contributed by atoms with E-state index in [4.69, 9.17) is 5.73 Å². The number of fused-ring (bicyclic) bond motifs is 1. The van der Waals surface area contributed by atoms with Gasteiger partial charge in [-0.2, -0.15) is 5.10 Å². The maximum atomic E-state index is 5.78. The van der Waals surface area contributed by atoms with E-state index in [-0.39, 0.29) is 0 Å². The van der Waals surface area contributed by atoms with E-state index in [0.29, 0.717) is 18.4 Å². The fourth-order valence-corrected chi connectivity index (χ4v) is 6.51. The SMILES string of the molecule is C=C(CCN)N1CCC(c2ccc(C)c(/C(=C(\CCC)c3cn4ncnc4c(C)c3CCC)C(C)C)c2)CC1. The van der Waals surface area contributed by atoms with Crippen molar-refractivity contribution in [1.82, 2.24) is 19.5 Å². The van der Waals surface area contributed by atoms with Crippen LogP contribution in [-0.4, -0.2) is 39.1 Å². The van der Waals surface area contributed by atoms with E-state index >= 15 is 0 Å². The molecule has 0 bridgehead atoms. The van der Waals surface area contributed by atoms with Crippen LogP contribution in [0.3, 0.4) is 0 Å².